The van der Waals surface area contributed by atoms with E-state index in [1.165, 1.54) is 10.8 Å². The first-order valence-corrected chi connectivity index (χ1v) is 13.1. The maximum Gasteiger partial charge on any atom is 0.284 e. The Hall–Kier alpha value is -3.80. The van der Waals surface area contributed by atoms with Crippen LogP contribution in [-0.2, 0) is 4.74 Å². The maximum absolute atomic E-state index is 13.8. The van der Waals surface area contributed by atoms with E-state index < -0.39 is 12.1 Å². The molecule has 0 bridgehead atoms. The molecule has 0 amide bonds. The summed E-state index contributed by atoms with van der Waals surface area (Å²) in [6.45, 7) is 1.01. The fourth-order valence-electron chi connectivity index (χ4n) is 5.59. The van der Waals surface area contributed by atoms with E-state index in [4.69, 9.17) is 21.4 Å². The van der Waals surface area contributed by atoms with Gasteiger partial charge in [0.2, 0.25) is 0 Å². The van der Waals surface area contributed by atoms with Crippen LogP contribution in [0.25, 0.3) is 22.4 Å². The zero-order valence-corrected chi connectivity index (χ0v) is 21.1. The van der Waals surface area contributed by atoms with E-state index in [-0.39, 0.29) is 11.8 Å². The first-order chi connectivity index (χ1) is 18.6. The number of aromatic nitrogens is 7. The second kappa shape index (κ2) is 9.19. The summed E-state index contributed by atoms with van der Waals surface area (Å²) in [7, 11) is 0. The Kier molecular flexibility index (Phi) is 5.64. The normalized spacial score (nSPS) is 22.1. The van der Waals surface area contributed by atoms with Crippen LogP contribution in [0, 0.1) is 0 Å². The number of hydrogen-bond donors (Lipinski definition) is 1. The Bertz CT molecular complexity index is 1690. The summed E-state index contributed by atoms with van der Waals surface area (Å²) in [5.74, 6) is 1.05. The molecule has 1 aromatic carbocycles. The van der Waals surface area contributed by atoms with Crippen molar-refractivity contribution in [2.75, 3.05) is 18.1 Å². The van der Waals surface area contributed by atoms with Crippen molar-refractivity contribution in [3.8, 4) is 5.69 Å². The summed E-state index contributed by atoms with van der Waals surface area (Å²) >= 11 is 6.37. The van der Waals surface area contributed by atoms with Gasteiger partial charge in [0, 0.05) is 25.8 Å². The number of β-amino-alcohol motifs (C(OH)–C–C–N with tert-alkyl or cyclic N) is 1. The van der Waals surface area contributed by atoms with Crippen LogP contribution in [0.3, 0.4) is 0 Å². The van der Waals surface area contributed by atoms with Crippen LogP contribution < -0.4 is 10.5 Å². The summed E-state index contributed by atoms with van der Waals surface area (Å²) in [5, 5.41) is 16.0. The first kappa shape index (κ1) is 23.3. The third-order valence-corrected chi connectivity index (χ3v) is 7.64. The molecule has 6 heterocycles. The molecule has 2 fully saturated rings. The van der Waals surface area contributed by atoms with Gasteiger partial charge in [-0.3, -0.25) is 13.9 Å². The molecule has 2 aliphatic rings. The van der Waals surface area contributed by atoms with Crippen LogP contribution in [0.1, 0.15) is 43.8 Å². The molecule has 38 heavy (non-hydrogen) atoms. The summed E-state index contributed by atoms with van der Waals surface area (Å²) in [4.78, 5) is 29.5. The zero-order valence-electron chi connectivity index (χ0n) is 20.4. The monoisotopic (exact) mass is 532 g/mol. The Labute approximate surface area is 221 Å². The number of aliphatic hydroxyl groups excluding tert-OH is 1. The lowest BCUT2D eigenvalue weighted by molar-refractivity contribution is -0.0298. The van der Waals surface area contributed by atoms with Gasteiger partial charge in [0.1, 0.15) is 18.1 Å². The molecule has 0 radical (unpaired) electrons. The molecule has 4 aromatic heterocycles. The molecular weight excluding hydrogens is 508 g/mol. The van der Waals surface area contributed by atoms with Crippen LogP contribution in [-0.4, -0.2) is 58.1 Å². The van der Waals surface area contributed by atoms with Gasteiger partial charge in [-0.05, 0) is 37.5 Å². The number of benzene rings is 1. The summed E-state index contributed by atoms with van der Waals surface area (Å²) < 4.78 is 11.0. The molecule has 11 nitrogen and oxygen atoms in total. The number of nitrogens with zero attached hydrogens (tertiary/aromatic N) is 8. The summed E-state index contributed by atoms with van der Waals surface area (Å²) in [5.41, 5.74) is 1.94. The molecule has 5 aromatic rings. The number of hydrogen-bond acceptors (Lipinski definition) is 8. The van der Waals surface area contributed by atoms with Gasteiger partial charge in [-0.15, -0.1) is 0 Å². The highest BCUT2D eigenvalue weighted by atomic mass is 35.5. The lowest BCUT2D eigenvalue weighted by atomic mass is 10.1. The van der Waals surface area contributed by atoms with Crippen molar-refractivity contribution in [2.45, 2.75) is 44.1 Å². The number of para-hydroxylation sites is 1. The fraction of sp³-hybridized carbons (Fsp3) is 0.346. The van der Waals surface area contributed by atoms with Crippen molar-refractivity contribution in [3.05, 3.63) is 76.5 Å². The second-order valence-electron chi connectivity index (χ2n) is 9.69. The number of aliphatic hydroxyl groups is 1. The molecule has 0 spiro atoms. The molecule has 12 heteroatoms. The maximum atomic E-state index is 13.8. The van der Waals surface area contributed by atoms with E-state index in [2.05, 4.69) is 15.0 Å². The van der Waals surface area contributed by atoms with Crippen molar-refractivity contribution in [1.82, 2.24) is 33.7 Å². The van der Waals surface area contributed by atoms with Crippen molar-refractivity contribution in [3.63, 3.8) is 0 Å². The summed E-state index contributed by atoms with van der Waals surface area (Å²) in [6.07, 6.45) is 7.52. The number of imidazole rings is 1. The number of anilines is 1. The standard InChI is InChI=1S/C26H25ClN8O3/c27-18-9-10-34-22(18)26(37)35(16-6-2-1-3-7-16)23(31-34)19-12-17(36)13-32(19)24-21-25(29-14-28-24)33(15-30-21)20-8-4-5-11-38-20/h1-3,6-7,9-10,14-15,17,19-20,36H,4-5,8,11-13H2/t17-,19+,20?/m1/s1. The Balaban J connectivity index is 1.39. The fourth-order valence-corrected chi connectivity index (χ4v) is 5.81. The number of rotatable bonds is 4. The molecule has 0 aliphatic carbocycles. The Morgan fingerprint density at radius 2 is 1.95 bits per heavy atom. The van der Waals surface area contributed by atoms with Crippen molar-refractivity contribution < 1.29 is 9.84 Å². The lowest BCUT2D eigenvalue weighted by Gasteiger charge is -2.27. The predicted molar refractivity (Wildman–Crippen MR) is 141 cm³/mol. The van der Waals surface area contributed by atoms with Crippen LogP contribution in [0.4, 0.5) is 5.82 Å². The van der Waals surface area contributed by atoms with Crippen molar-refractivity contribution >= 4 is 34.1 Å². The van der Waals surface area contributed by atoms with E-state index >= 15 is 0 Å². The lowest BCUT2D eigenvalue weighted by Crippen LogP contribution is -2.33. The number of ether oxygens (including phenoxy) is 1. The minimum atomic E-state index is -0.654. The molecule has 1 N–H and O–H groups in total. The molecule has 194 valence electrons. The van der Waals surface area contributed by atoms with Gasteiger partial charge in [0.15, 0.2) is 22.8 Å². The van der Waals surface area contributed by atoms with E-state index in [0.717, 1.165) is 19.3 Å². The average molecular weight is 533 g/mol. The average Bonchev–Trinajstić information content (AvgIpc) is 3.66. The third kappa shape index (κ3) is 3.69. The van der Waals surface area contributed by atoms with Crippen LogP contribution in [0.15, 0.2) is 60.0 Å². The number of fused-ring (bicyclic) bond motifs is 2. The topological polar surface area (TPSA) is 116 Å². The Morgan fingerprint density at radius 1 is 1.08 bits per heavy atom. The minimum Gasteiger partial charge on any atom is -0.391 e. The largest absolute Gasteiger partial charge is 0.391 e. The van der Waals surface area contributed by atoms with Gasteiger partial charge < -0.3 is 14.7 Å². The van der Waals surface area contributed by atoms with E-state index in [9.17, 15) is 9.90 Å². The predicted octanol–water partition coefficient (Wildman–Crippen LogP) is 3.29. The highest BCUT2D eigenvalue weighted by Crippen LogP contribution is 2.38. The minimum absolute atomic E-state index is 0.123. The molecule has 7 rings (SSSR count). The SMILES string of the molecule is O=c1c2c(Cl)ccn2nc([C@@H]2C[C@@H](O)CN2c2ncnc3c2ncn3C2CCCCO2)n1-c1ccccc1. The summed E-state index contributed by atoms with van der Waals surface area (Å²) in [6, 6.07) is 10.5. The third-order valence-electron chi connectivity index (χ3n) is 7.33. The van der Waals surface area contributed by atoms with Crippen LogP contribution in [0.2, 0.25) is 5.02 Å². The second-order valence-corrected chi connectivity index (χ2v) is 10.1. The highest BCUT2D eigenvalue weighted by molar-refractivity contribution is 6.33. The van der Waals surface area contributed by atoms with Gasteiger partial charge in [0.25, 0.3) is 5.56 Å². The molecule has 1 unspecified atom stereocenters. The van der Waals surface area contributed by atoms with Gasteiger partial charge >= 0.3 is 0 Å². The number of halogens is 1. The van der Waals surface area contributed by atoms with Gasteiger partial charge in [-0.2, -0.15) is 5.10 Å². The molecule has 2 aliphatic heterocycles. The smallest absolute Gasteiger partial charge is 0.284 e. The van der Waals surface area contributed by atoms with Gasteiger partial charge in [0.05, 0.1) is 29.2 Å². The molecular formula is C26H25ClN8O3. The molecule has 3 atom stereocenters. The quantitative estimate of drug-likeness (QED) is 0.375. The van der Waals surface area contributed by atoms with Crippen LogP contribution >= 0.6 is 11.6 Å². The van der Waals surface area contributed by atoms with E-state index in [1.54, 1.807) is 23.2 Å². The van der Waals surface area contributed by atoms with Crippen molar-refractivity contribution in [1.29, 1.82) is 0 Å². The Morgan fingerprint density at radius 3 is 2.76 bits per heavy atom. The van der Waals surface area contributed by atoms with Gasteiger partial charge in [-0.1, -0.05) is 29.8 Å². The van der Waals surface area contributed by atoms with E-state index in [0.29, 0.717) is 58.6 Å². The van der Waals surface area contributed by atoms with Crippen LogP contribution in [0.5, 0.6) is 0 Å². The highest BCUT2D eigenvalue weighted by Gasteiger charge is 2.38. The van der Waals surface area contributed by atoms with E-state index in [1.807, 2.05) is 39.8 Å². The first-order valence-electron chi connectivity index (χ1n) is 12.7. The van der Waals surface area contributed by atoms with Gasteiger partial charge in [-0.25, -0.2) is 19.5 Å². The molecule has 0 saturated carbocycles. The van der Waals surface area contributed by atoms with Crippen molar-refractivity contribution in [2.24, 2.45) is 0 Å². The molecule has 2 saturated heterocycles. The zero-order chi connectivity index (χ0) is 25.8.